The summed E-state index contributed by atoms with van der Waals surface area (Å²) in [7, 11) is 0. The SMILES string of the molecule is Cc1oc(C)c(C(=O)NCc2cnn(-c3ccccc3)c2)c1C. The largest absolute Gasteiger partial charge is 0.466 e. The summed E-state index contributed by atoms with van der Waals surface area (Å²) in [5.41, 5.74) is 3.44. The van der Waals surface area contributed by atoms with Gasteiger partial charge in [-0.15, -0.1) is 0 Å². The lowest BCUT2D eigenvalue weighted by Crippen LogP contribution is -2.23. The van der Waals surface area contributed by atoms with E-state index in [2.05, 4.69) is 10.4 Å². The van der Waals surface area contributed by atoms with Gasteiger partial charge in [0, 0.05) is 23.9 Å². The lowest BCUT2D eigenvalue weighted by atomic mass is 10.1. The lowest BCUT2D eigenvalue weighted by molar-refractivity contribution is 0.0949. The van der Waals surface area contributed by atoms with E-state index in [1.54, 1.807) is 10.9 Å². The molecule has 0 spiro atoms. The quantitative estimate of drug-likeness (QED) is 0.804. The second kappa shape index (κ2) is 6.12. The Bertz CT molecular complexity index is 831. The number of aromatic nitrogens is 2. The maximum absolute atomic E-state index is 12.4. The third-order valence-electron chi connectivity index (χ3n) is 3.90. The molecule has 0 saturated carbocycles. The van der Waals surface area contributed by atoms with E-state index in [9.17, 15) is 4.79 Å². The van der Waals surface area contributed by atoms with Gasteiger partial charge in [-0.25, -0.2) is 4.68 Å². The van der Waals surface area contributed by atoms with Crippen LogP contribution in [-0.4, -0.2) is 15.7 Å². The number of amides is 1. The Morgan fingerprint density at radius 1 is 1.17 bits per heavy atom. The minimum Gasteiger partial charge on any atom is -0.466 e. The number of hydrogen-bond donors (Lipinski definition) is 1. The molecule has 0 unspecified atom stereocenters. The molecule has 1 amide bonds. The average molecular weight is 309 g/mol. The molecule has 1 N–H and O–H groups in total. The number of hydrogen-bond acceptors (Lipinski definition) is 3. The highest BCUT2D eigenvalue weighted by Gasteiger charge is 2.18. The first-order valence-corrected chi connectivity index (χ1v) is 7.50. The van der Waals surface area contributed by atoms with E-state index in [0.717, 1.165) is 22.6 Å². The van der Waals surface area contributed by atoms with E-state index >= 15 is 0 Å². The summed E-state index contributed by atoms with van der Waals surface area (Å²) < 4.78 is 7.29. The molecule has 0 radical (unpaired) electrons. The van der Waals surface area contributed by atoms with Crippen molar-refractivity contribution < 1.29 is 9.21 Å². The van der Waals surface area contributed by atoms with E-state index in [0.29, 0.717) is 17.9 Å². The standard InChI is InChI=1S/C18H19N3O2/c1-12-13(2)23-14(3)17(12)18(22)19-9-15-10-20-21(11-15)16-7-5-4-6-8-16/h4-8,10-11H,9H2,1-3H3,(H,19,22). The van der Waals surface area contributed by atoms with Gasteiger partial charge in [-0.2, -0.15) is 5.10 Å². The minimum atomic E-state index is -0.121. The molecule has 118 valence electrons. The van der Waals surface area contributed by atoms with Crippen LogP contribution >= 0.6 is 0 Å². The van der Waals surface area contributed by atoms with Crippen molar-refractivity contribution in [3.63, 3.8) is 0 Å². The van der Waals surface area contributed by atoms with Crippen LogP contribution < -0.4 is 5.32 Å². The van der Waals surface area contributed by atoms with Crippen LogP contribution in [-0.2, 0) is 6.54 Å². The summed E-state index contributed by atoms with van der Waals surface area (Å²) in [6.07, 6.45) is 3.67. The molecule has 3 aromatic rings. The summed E-state index contributed by atoms with van der Waals surface area (Å²) in [6.45, 7) is 5.99. The number of rotatable bonds is 4. The molecule has 5 heteroatoms. The van der Waals surface area contributed by atoms with Crippen LogP contribution in [0.5, 0.6) is 0 Å². The topological polar surface area (TPSA) is 60.1 Å². The number of carbonyl (C=O) groups is 1. The maximum Gasteiger partial charge on any atom is 0.255 e. The van der Waals surface area contributed by atoms with Crippen LogP contribution in [0.4, 0.5) is 0 Å². The third-order valence-corrected chi connectivity index (χ3v) is 3.90. The summed E-state index contributed by atoms with van der Waals surface area (Å²) in [4.78, 5) is 12.4. The number of nitrogens with zero attached hydrogens (tertiary/aromatic N) is 2. The van der Waals surface area contributed by atoms with Gasteiger partial charge in [-0.05, 0) is 32.9 Å². The van der Waals surface area contributed by atoms with Crippen molar-refractivity contribution in [3.8, 4) is 5.69 Å². The zero-order valence-corrected chi connectivity index (χ0v) is 13.5. The van der Waals surface area contributed by atoms with E-state index in [1.165, 1.54) is 0 Å². The number of nitrogens with one attached hydrogen (secondary N) is 1. The van der Waals surface area contributed by atoms with Gasteiger partial charge in [0.25, 0.3) is 5.91 Å². The van der Waals surface area contributed by atoms with E-state index in [-0.39, 0.29) is 5.91 Å². The molecule has 0 fully saturated rings. The van der Waals surface area contributed by atoms with E-state index in [4.69, 9.17) is 4.42 Å². The van der Waals surface area contributed by atoms with Crippen molar-refractivity contribution in [2.45, 2.75) is 27.3 Å². The van der Waals surface area contributed by atoms with Crippen LogP contribution in [0.25, 0.3) is 5.69 Å². The fourth-order valence-corrected chi connectivity index (χ4v) is 2.57. The number of para-hydroxylation sites is 1. The Balaban J connectivity index is 1.69. The Hall–Kier alpha value is -2.82. The zero-order valence-electron chi connectivity index (χ0n) is 13.5. The summed E-state index contributed by atoms with van der Waals surface area (Å²) >= 11 is 0. The molecule has 0 aliphatic heterocycles. The highest BCUT2D eigenvalue weighted by Crippen LogP contribution is 2.20. The zero-order chi connectivity index (χ0) is 16.4. The lowest BCUT2D eigenvalue weighted by Gasteiger charge is -2.04. The first kappa shape index (κ1) is 15.1. The predicted octanol–water partition coefficient (Wildman–Crippen LogP) is 3.32. The van der Waals surface area contributed by atoms with Gasteiger partial charge in [0.1, 0.15) is 11.5 Å². The minimum absolute atomic E-state index is 0.121. The predicted molar refractivity (Wildman–Crippen MR) is 87.7 cm³/mol. The van der Waals surface area contributed by atoms with Gasteiger partial charge in [0.05, 0.1) is 17.4 Å². The molecule has 0 saturated heterocycles. The summed E-state index contributed by atoms with van der Waals surface area (Å²) in [5, 5.41) is 7.25. The number of aryl methyl sites for hydroxylation is 2. The second-order valence-corrected chi connectivity index (χ2v) is 5.53. The van der Waals surface area contributed by atoms with Crippen LogP contribution in [0.3, 0.4) is 0 Å². The monoisotopic (exact) mass is 309 g/mol. The molecule has 0 atom stereocenters. The van der Waals surface area contributed by atoms with Crippen molar-refractivity contribution in [1.29, 1.82) is 0 Å². The normalized spacial score (nSPS) is 10.7. The van der Waals surface area contributed by atoms with Crippen molar-refractivity contribution in [2.75, 3.05) is 0 Å². The fourth-order valence-electron chi connectivity index (χ4n) is 2.57. The molecule has 0 aliphatic rings. The summed E-state index contributed by atoms with van der Waals surface area (Å²) in [5.74, 6) is 1.31. The van der Waals surface area contributed by atoms with Crippen LogP contribution in [0, 0.1) is 20.8 Å². The van der Waals surface area contributed by atoms with Gasteiger partial charge in [0.15, 0.2) is 0 Å². The number of benzene rings is 1. The maximum atomic E-state index is 12.4. The Morgan fingerprint density at radius 3 is 2.57 bits per heavy atom. The number of furan rings is 1. The second-order valence-electron chi connectivity index (χ2n) is 5.53. The van der Waals surface area contributed by atoms with Gasteiger partial charge < -0.3 is 9.73 Å². The van der Waals surface area contributed by atoms with Crippen LogP contribution in [0.15, 0.2) is 47.1 Å². The first-order chi connectivity index (χ1) is 11.1. The molecule has 0 bridgehead atoms. The molecule has 3 rings (SSSR count). The summed E-state index contributed by atoms with van der Waals surface area (Å²) in [6, 6.07) is 9.86. The fraction of sp³-hybridized carbons (Fsp3) is 0.222. The van der Waals surface area contributed by atoms with Crippen molar-refractivity contribution in [1.82, 2.24) is 15.1 Å². The van der Waals surface area contributed by atoms with Gasteiger partial charge in [-0.3, -0.25) is 4.79 Å². The molecular weight excluding hydrogens is 290 g/mol. The molecule has 1 aromatic carbocycles. The average Bonchev–Trinajstić information content (AvgIpc) is 3.11. The highest BCUT2D eigenvalue weighted by atomic mass is 16.3. The Labute approximate surface area is 134 Å². The number of carbonyl (C=O) groups excluding carboxylic acids is 1. The molecular formula is C18H19N3O2. The van der Waals surface area contributed by atoms with E-state index in [1.807, 2.05) is 57.3 Å². The molecule has 0 aliphatic carbocycles. The van der Waals surface area contributed by atoms with Crippen LogP contribution in [0.1, 0.15) is 33.0 Å². The van der Waals surface area contributed by atoms with Crippen molar-refractivity contribution in [3.05, 3.63) is 70.9 Å². The van der Waals surface area contributed by atoms with Gasteiger partial charge >= 0.3 is 0 Å². The molecule has 2 aromatic heterocycles. The highest BCUT2D eigenvalue weighted by molar-refractivity contribution is 5.96. The van der Waals surface area contributed by atoms with Crippen molar-refractivity contribution in [2.24, 2.45) is 0 Å². The van der Waals surface area contributed by atoms with Crippen LogP contribution in [0.2, 0.25) is 0 Å². The van der Waals surface area contributed by atoms with Crippen molar-refractivity contribution >= 4 is 5.91 Å². The smallest absolute Gasteiger partial charge is 0.255 e. The van der Waals surface area contributed by atoms with Gasteiger partial charge in [0.2, 0.25) is 0 Å². The molecule has 23 heavy (non-hydrogen) atoms. The molecule has 2 heterocycles. The third kappa shape index (κ3) is 3.04. The van der Waals surface area contributed by atoms with Gasteiger partial charge in [-0.1, -0.05) is 18.2 Å². The Morgan fingerprint density at radius 2 is 1.91 bits per heavy atom. The Kier molecular flexibility index (Phi) is 4.02. The first-order valence-electron chi connectivity index (χ1n) is 7.50. The molecule has 5 nitrogen and oxygen atoms in total. The van der Waals surface area contributed by atoms with E-state index < -0.39 is 0 Å².